The number of benzene rings is 2. The number of nitrogens with two attached hydrogens (primary N) is 7. The van der Waals surface area contributed by atoms with Gasteiger partial charge in [0.25, 0.3) is 0 Å². The molecule has 0 bridgehead atoms. The average molecular weight is 1350 g/mol. The van der Waals surface area contributed by atoms with Gasteiger partial charge in [0.15, 0.2) is 5.96 Å². The van der Waals surface area contributed by atoms with E-state index in [-0.39, 0.29) is 83.0 Å². The minimum Gasteiger partial charge on any atom is -0.370 e. The van der Waals surface area contributed by atoms with E-state index in [1.54, 1.807) is 60.7 Å². The lowest BCUT2D eigenvalue weighted by molar-refractivity contribution is -0.144. The molecule has 13 amide bonds. The molecule has 0 aliphatic carbocycles. The van der Waals surface area contributed by atoms with Crippen molar-refractivity contribution in [3.63, 3.8) is 0 Å². The van der Waals surface area contributed by atoms with Gasteiger partial charge in [-0.05, 0) is 119 Å². The fourth-order valence-corrected chi connectivity index (χ4v) is 11.5. The topological polar surface area (TPSA) is 519 Å². The first-order valence-electron chi connectivity index (χ1n) is 32.2. The largest absolute Gasteiger partial charge is 0.370 e. The number of nitrogens with zero attached hydrogens (tertiary/aromatic N) is 3. The zero-order chi connectivity index (χ0) is 70.1. The highest BCUT2D eigenvalue weighted by atomic mass is 32.2. The Labute approximate surface area is 558 Å². The Kier molecular flexibility index (Phi) is 33.9. The van der Waals surface area contributed by atoms with Gasteiger partial charge in [0.1, 0.15) is 54.4 Å². The van der Waals surface area contributed by atoms with E-state index in [0.717, 1.165) is 0 Å². The molecule has 2 fully saturated rings. The molecular formula is C63H98N18O13S. The third kappa shape index (κ3) is 27.5. The summed E-state index contributed by atoms with van der Waals surface area (Å²) < 4.78 is 0. The zero-order valence-corrected chi connectivity index (χ0v) is 55.3. The SMILES string of the molecule is CSCC[C@H](NC(=O)[C@@H](CC(C)C)NC(=O)CNC(=O)[C@H](Cc1ccccc1)NC(=O)[C@@H](Cc1ccccc1)NC(=O)[C@H](CCC(N)=O)NC(=O)[C@@H](CCC(N)=O)NC(=O)[C@@H]1CCCN1C(=O)[C@@H](CCCCN)NC(=O)[C@H]1CCCN1C(=O)[C@H](N)CCCN=C(N)N)C(N)=O. The van der Waals surface area contributed by atoms with Crippen LogP contribution >= 0.6 is 11.8 Å². The van der Waals surface area contributed by atoms with Crippen LogP contribution in [0, 0.1) is 5.92 Å². The molecule has 524 valence electrons. The van der Waals surface area contributed by atoms with E-state index in [1.165, 1.54) is 21.6 Å². The Balaban J connectivity index is 1.56. The standard InChI is InChI=1S/C63H98N18O13S/c1-37(2)33-45(57(89)74-41(53(68)85)27-32-95-3)73-52(84)36-72-54(86)46(34-38-15-6-4-7-16-38)78-58(90)47(35-39-17-8-5-9-18-39)79-56(88)42(23-25-50(66)82)75-55(87)43(24-26-51(67)83)76-59(91)49-22-14-31-81(49)62(94)44(20-10-11-28-64)77-60(92)48-21-13-30-80(48)61(93)40(65)19-12-29-71-63(69)70/h4-9,15-18,37,40-49H,10-14,19-36,64-65H2,1-3H3,(H2,66,82)(H2,67,83)(H2,68,85)(H,72,86)(H,73,84)(H,74,89)(H,75,87)(H,76,91)(H,77,92)(H,78,90)(H,79,88)(H4,69,70,71)/t40-,41+,42+,43-,44-,45-,46+,47-,48-,49+/m1/s1. The van der Waals surface area contributed by atoms with E-state index < -0.39 is 169 Å². The Morgan fingerprint density at radius 3 is 1.51 bits per heavy atom. The predicted octanol–water partition coefficient (Wildman–Crippen LogP) is -3.71. The lowest BCUT2D eigenvalue weighted by atomic mass is 10.0. The quantitative estimate of drug-likeness (QED) is 0.0173. The second kappa shape index (κ2) is 41.0. The molecule has 0 aromatic heterocycles. The van der Waals surface area contributed by atoms with E-state index in [2.05, 4.69) is 47.5 Å². The molecule has 32 heteroatoms. The zero-order valence-electron chi connectivity index (χ0n) is 54.5. The summed E-state index contributed by atoms with van der Waals surface area (Å²) in [4.78, 5) is 185. The van der Waals surface area contributed by atoms with Crippen LogP contribution in [0.15, 0.2) is 65.7 Å². The summed E-state index contributed by atoms with van der Waals surface area (Å²) in [6, 6.07) is 4.51. The Hall–Kier alpha value is -8.91. The first kappa shape index (κ1) is 78.5. The van der Waals surface area contributed by atoms with Crippen LogP contribution in [0.25, 0.3) is 0 Å². The summed E-state index contributed by atoms with van der Waals surface area (Å²) in [7, 11) is 0. The fourth-order valence-electron chi connectivity index (χ4n) is 11.0. The third-order valence-electron chi connectivity index (χ3n) is 16.0. The maximum Gasteiger partial charge on any atom is 0.245 e. The van der Waals surface area contributed by atoms with Crippen molar-refractivity contribution < 1.29 is 62.3 Å². The van der Waals surface area contributed by atoms with Crippen LogP contribution in [-0.2, 0) is 75.2 Å². The highest BCUT2D eigenvalue weighted by Gasteiger charge is 2.42. The van der Waals surface area contributed by atoms with Crippen LogP contribution in [0.1, 0.15) is 121 Å². The summed E-state index contributed by atoms with van der Waals surface area (Å²) in [5, 5.41) is 21.1. The second-order valence-electron chi connectivity index (χ2n) is 24.1. The monoisotopic (exact) mass is 1350 g/mol. The minimum atomic E-state index is -1.64. The summed E-state index contributed by atoms with van der Waals surface area (Å²) in [5.74, 6) is -9.80. The Morgan fingerprint density at radius 1 is 0.537 bits per heavy atom. The summed E-state index contributed by atoms with van der Waals surface area (Å²) in [6.07, 6.45) is 3.12. The molecule has 95 heavy (non-hydrogen) atoms. The number of likely N-dealkylation sites (tertiary alicyclic amines) is 2. The van der Waals surface area contributed by atoms with Gasteiger partial charge in [-0.15, -0.1) is 0 Å². The first-order valence-corrected chi connectivity index (χ1v) is 33.6. The lowest BCUT2D eigenvalue weighted by Gasteiger charge is -2.32. The summed E-state index contributed by atoms with van der Waals surface area (Å²) >= 11 is 1.45. The average Bonchev–Trinajstić information content (AvgIpc) is 1.74. The molecule has 2 saturated heterocycles. The highest BCUT2D eigenvalue weighted by Crippen LogP contribution is 2.24. The highest BCUT2D eigenvalue weighted by molar-refractivity contribution is 7.98. The summed E-state index contributed by atoms with van der Waals surface area (Å²) in [6.45, 7) is 3.86. The molecule has 0 unspecified atom stereocenters. The second-order valence-corrected chi connectivity index (χ2v) is 25.1. The van der Waals surface area contributed by atoms with Crippen LogP contribution in [0.5, 0.6) is 0 Å². The van der Waals surface area contributed by atoms with Gasteiger partial charge in [-0.25, -0.2) is 0 Å². The third-order valence-corrected chi connectivity index (χ3v) is 16.7. The minimum absolute atomic E-state index is 0.0736. The molecule has 2 aromatic rings. The van der Waals surface area contributed by atoms with Crippen molar-refractivity contribution in [1.82, 2.24) is 52.3 Å². The summed E-state index contributed by atoms with van der Waals surface area (Å²) in [5.41, 5.74) is 40.6. The predicted molar refractivity (Wildman–Crippen MR) is 356 cm³/mol. The molecule has 0 radical (unpaired) electrons. The Morgan fingerprint density at radius 2 is 1.01 bits per heavy atom. The van der Waals surface area contributed by atoms with Gasteiger partial charge in [-0.2, -0.15) is 11.8 Å². The maximum atomic E-state index is 14.7. The van der Waals surface area contributed by atoms with Gasteiger partial charge < -0.3 is 92.5 Å². The molecule has 0 spiro atoms. The number of thioether (sulfide) groups is 1. The van der Waals surface area contributed by atoms with Crippen LogP contribution in [0.4, 0.5) is 0 Å². The van der Waals surface area contributed by atoms with E-state index >= 15 is 0 Å². The van der Waals surface area contributed by atoms with E-state index in [0.29, 0.717) is 55.4 Å². The van der Waals surface area contributed by atoms with Crippen LogP contribution < -0.4 is 82.7 Å². The number of primary amides is 3. The van der Waals surface area contributed by atoms with Gasteiger partial charge >= 0.3 is 0 Å². The molecule has 4 rings (SSSR count). The fraction of sp³-hybridized carbons (Fsp3) is 0.587. The van der Waals surface area contributed by atoms with E-state index in [1.807, 2.05) is 20.1 Å². The van der Waals surface area contributed by atoms with Crippen LogP contribution in [0.2, 0.25) is 0 Å². The number of amides is 13. The van der Waals surface area contributed by atoms with Crippen molar-refractivity contribution in [1.29, 1.82) is 0 Å². The van der Waals surface area contributed by atoms with Crippen molar-refractivity contribution in [3.05, 3.63) is 71.8 Å². The molecule has 2 aliphatic rings. The van der Waals surface area contributed by atoms with E-state index in [9.17, 15) is 62.3 Å². The van der Waals surface area contributed by atoms with Crippen molar-refractivity contribution in [3.8, 4) is 0 Å². The molecule has 22 N–H and O–H groups in total. The smallest absolute Gasteiger partial charge is 0.245 e. The number of rotatable bonds is 42. The molecule has 31 nitrogen and oxygen atoms in total. The number of unbranched alkanes of at least 4 members (excludes halogenated alkanes) is 1. The molecule has 10 atom stereocenters. The molecule has 2 aromatic carbocycles. The van der Waals surface area contributed by atoms with Crippen molar-refractivity contribution in [2.75, 3.05) is 44.7 Å². The van der Waals surface area contributed by atoms with Crippen molar-refractivity contribution in [2.45, 2.75) is 183 Å². The number of guanidine groups is 1. The molecule has 2 aliphatic heterocycles. The molecule has 0 saturated carbocycles. The van der Waals surface area contributed by atoms with E-state index in [4.69, 9.17) is 40.1 Å². The van der Waals surface area contributed by atoms with Crippen molar-refractivity contribution >= 4 is 94.5 Å². The van der Waals surface area contributed by atoms with Gasteiger partial charge in [-0.1, -0.05) is 74.5 Å². The number of aliphatic imine (C=N–C) groups is 1. The number of hydrogen-bond donors (Lipinski definition) is 15. The van der Waals surface area contributed by atoms with Crippen molar-refractivity contribution in [2.24, 2.45) is 51.0 Å². The van der Waals surface area contributed by atoms with Crippen LogP contribution in [0.3, 0.4) is 0 Å². The molecule has 2 heterocycles. The number of carbonyl (C=O) groups excluding carboxylic acids is 13. The number of hydrogen-bond acceptors (Lipinski definition) is 17. The molecular weight excluding hydrogens is 1250 g/mol. The van der Waals surface area contributed by atoms with Gasteiger partial charge in [0.05, 0.1) is 12.6 Å². The first-order chi connectivity index (χ1) is 45.2. The number of nitrogens with one attached hydrogen (secondary N) is 8. The number of carbonyl (C=O) groups is 13. The van der Waals surface area contributed by atoms with Gasteiger partial charge in [-0.3, -0.25) is 67.3 Å². The maximum absolute atomic E-state index is 14.7. The van der Waals surface area contributed by atoms with Gasteiger partial charge in [0, 0.05) is 45.3 Å². The Bertz CT molecular complexity index is 2960. The lowest BCUT2D eigenvalue weighted by Crippen LogP contribution is -2.60. The van der Waals surface area contributed by atoms with Crippen LogP contribution in [-0.4, -0.2) is 198 Å². The van der Waals surface area contributed by atoms with Gasteiger partial charge in [0.2, 0.25) is 76.8 Å². The normalized spacial score (nSPS) is 16.8.